The standard InChI is InChI=1S/C8H6N6/c9-4-6-5-14(13-8(6)10)7-2-1-3-11-12-7/h1-3,5H,(H2,10,13). The minimum atomic E-state index is 0.193. The molecule has 6 nitrogen and oxygen atoms in total. The number of nitrogens with two attached hydrogens (primary N) is 1. The van der Waals surface area contributed by atoms with Crippen molar-refractivity contribution in [3.05, 3.63) is 30.1 Å². The zero-order valence-electron chi connectivity index (χ0n) is 7.12. The molecule has 0 radical (unpaired) electrons. The van der Waals surface area contributed by atoms with E-state index in [1.165, 1.54) is 10.9 Å². The maximum atomic E-state index is 8.66. The molecule has 0 aliphatic carbocycles. The topological polar surface area (TPSA) is 93.4 Å². The summed E-state index contributed by atoms with van der Waals surface area (Å²) < 4.78 is 1.42. The third-order valence-electron chi connectivity index (χ3n) is 1.66. The van der Waals surface area contributed by atoms with E-state index < -0.39 is 0 Å². The molecule has 6 heteroatoms. The molecule has 68 valence electrons. The van der Waals surface area contributed by atoms with Crippen LogP contribution >= 0.6 is 0 Å². The summed E-state index contributed by atoms with van der Waals surface area (Å²) in [6, 6.07) is 5.38. The van der Waals surface area contributed by atoms with Crippen LogP contribution in [0.15, 0.2) is 24.5 Å². The first kappa shape index (κ1) is 8.19. The zero-order valence-corrected chi connectivity index (χ0v) is 7.12. The fourth-order valence-electron chi connectivity index (χ4n) is 1.01. The SMILES string of the molecule is N#Cc1cn(-c2cccnn2)nc1N. The molecule has 2 aromatic heterocycles. The van der Waals surface area contributed by atoms with E-state index in [0.29, 0.717) is 11.4 Å². The van der Waals surface area contributed by atoms with Crippen molar-refractivity contribution in [2.75, 3.05) is 5.73 Å². The second-order valence-electron chi connectivity index (χ2n) is 2.57. The number of nitrogen functional groups attached to an aromatic ring is 1. The van der Waals surface area contributed by atoms with E-state index in [2.05, 4.69) is 15.3 Å². The highest BCUT2D eigenvalue weighted by Gasteiger charge is 2.06. The van der Waals surface area contributed by atoms with Crippen molar-refractivity contribution in [2.45, 2.75) is 0 Å². The lowest BCUT2D eigenvalue weighted by Crippen LogP contribution is -1.99. The van der Waals surface area contributed by atoms with Gasteiger partial charge in [-0.25, -0.2) is 4.68 Å². The van der Waals surface area contributed by atoms with Crippen molar-refractivity contribution < 1.29 is 0 Å². The van der Waals surface area contributed by atoms with E-state index in [-0.39, 0.29) is 5.82 Å². The summed E-state index contributed by atoms with van der Waals surface area (Å²) >= 11 is 0. The first-order valence-corrected chi connectivity index (χ1v) is 3.84. The van der Waals surface area contributed by atoms with Crippen LogP contribution in [-0.2, 0) is 0 Å². The predicted molar refractivity (Wildman–Crippen MR) is 48.3 cm³/mol. The fourth-order valence-corrected chi connectivity index (χ4v) is 1.01. The van der Waals surface area contributed by atoms with Gasteiger partial charge in [-0.15, -0.1) is 10.2 Å². The molecule has 2 aromatic rings. The molecule has 0 saturated heterocycles. The van der Waals surface area contributed by atoms with Crippen molar-refractivity contribution in [2.24, 2.45) is 0 Å². The van der Waals surface area contributed by atoms with Gasteiger partial charge in [-0.1, -0.05) is 0 Å². The van der Waals surface area contributed by atoms with Crippen LogP contribution in [0.4, 0.5) is 5.82 Å². The van der Waals surface area contributed by atoms with Crippen LogP contribution < -0.4 is 5.73 Å². The summed E-state index contributed by atoms with van der Waals surface area (Å²) in [4.78, 5) is 0. The number of rotatable bonds is 1. The number of hydrogen-bond donors (Lipinski definition) is 1. The Morgan fingerprint density at radius 2 is 2.36 bits per heavy atom. The molecule has 0 aliphatic heterocycles. The summed E-state index contributed by atoms with van der Waals surface area (Å²) in [6.07, 6.45) is 3.07. The molecule has 0 aromatic carbocycles. The normalized spacial score (nSPS) is 9.64. The van der Waals surface area contributed by atoms with Gasteiger partial charge < -0.3 is 5.73 Å². The lowest BCUT2D eigenvalue weighted by atomic mass is 10.4. The molecule has 14 heavy (non-hydrogen) atoms. The minimum Gasteiger partial charge on any atom is -0.381 e. The molecule has 0 aliphatic rings. The summed E-state index contributed by atoms with van der Waals surface area (Å²) in [6.45, 7) is 0. The lowest BCUT2D eigenvalue weighted by molar-refractivity contribution is 0.817. The van der Waals surface area contributed by atoms with Crippen LogP contribution in [-0.4, -0.2) is 20.0 Å². The highest BCUT2D eigenvalue weighted by Crippen LogP contribution is 2.09. The van der Waals surface area contributed by atoms with Gasteiger partial charge in [0.25, 0.3) is 0 Å². The van der Waals surface area contributed by atoms with Crippen molar-refractivity contribution >= 4 is 5.82 Å². The molecule has 0 unspecified atom stereocenters. The van der Waals surface area contributed by atoms with E-state index in [1.807, 2.05) is 6.07 Å². The largest absolute Gasteiger partial charge is 0.381 e. The lowest BCUT2D eigenvalue weighted by Gasteiger charge is -1.95. The minimum absolute atomic E-state index is 0.193. The van der Waals surface area contributed by atoms with E-state index in [0.717, 1.165) is 0 Å². The van der Waals surface area contributed by atoms with Gasteiger partial charge in [-0.3, -0.25) is 0 Å². The van der Waals surface area contributed by atoms with E-state index in [9.17, 15) is 0 Å². The Balaban J connectivity index is 2.50. The summed E-state index contributed by atoms with van der Waals surface area (Å²) in [7, 11) is 0. The molecule has 0 atom stereocenters. The highest BCUT2D eigenvalue weighted by molar-refractivity contribution is 5.47. The van der Waals surface area contributed by atoms with Crippen LogP contribution in [0.25, 0.3) is 5.82 Å². The van der Waals surface area contributed by atoms with Gasteiger partial charge in [-0.2, -0.15) is 10.4 Å². The van der Waals surface area contributed by atoms with E-state index >= 15 is 0 Å². The Kier molecular flexibility index (Phi) is 1.84. The smallest absolute Gasteiger partial charge is 0.175 e. The van der Waals surface area contributed by atoms with Crippen molar-refractivity contribution in [1.82, 2.24) is 20.0 Å². The number of anilines is 1. The quantitative estimate of drug-likeness (QED) is 0.682. The molecule has 0 fully saturated rings. The van der Waals surface area contributed by atoms with Crippen molar-refractivity contribution in [3.63, 3.8) is 0 Å². The molecule has 0 spiro atoms. The second kappa shape index (κ2) is 3.14. The Bertz CT molecular complexity index is 480. The van der Waals surface area contributed by atoms with Gasteiger partial charge in [-0.05, 0) is 12.1 Å². The molecule has 2 N–H and O–H groups in total. The first-order chi connectivity index (χ1) is 6.81. The van der Waals surface area contributed by atoms with Crippen molar-refractivity contribution in [3.8, 4) is 11.9 Å². The number of aromatic nitrogens is 4. The van der Waals surface area contributed by atoms with Crippen LogP contribution in [0.1, 0.15) is 5.56 Å². The first-order valence-electron chi connectivity index (χ1n) is 3.84. The van der Waals surface area contributed by atoms with Gasteiger partial charge in [0, 0.05) is 6.20 Å². The molecular formula is C8H6N6. The Hall–Kier alpha value is -2.42. The van der Waals surface area contributed by atoms with Gasteiger partial charge >= 0.3 is 0 Å². The average molecular weight is 186 g/mol. The predicted octanol–water partition coefficient (Wildman–Crippen LogP) is 0.116. The van der Waals surface area contributed by atoms with Gasteiger partial charge in [0.2, 0.25) is 0 Å². The van der Waals surface area contributed by atoms with Crippen LogP contribution in [0.3, 0.4) is 0 Å². The maximum Gasteiger partial charge on any atom is 0.175 e. The molecular weight excluding hydrogens is 180 g/mol. The highest BCUT2D eigenvalue weighted by atomic mass is 15.3. The third kappa shape index (κ3) is 1.27. The van der Waals surface area contributed by atoms with Gasteiger partial charge in [0.15, 0.2) is 11.6 Å². The summed E-state index contributed by atoms with van der Waals surface area (Å²) in [5.74, 6) is 0.721. The molecule has 0 saturated carbocycles. The maximum absolute atomic E-state index is 8.66. The average Bonchev–Trinajstić information content (AvgIpc) is 2.61. The van der Waals surface area contributed by atoms with Crippen molar-refractivity contribution in [1.29, 1.82) is 5.26 Å². The number of hydrogen-bond acceptors (Lipinski definition) is 5. The Morgan fingerprint density at radius 3 is 2.93 bits per heavy atom. The zero-order chi connectivity index (χ0) is 9.97. The third-order valence-corrected chi connectivity index (χ3v) is 1.66. The summed E-state index contributed by atoms with van der Waals surface area (Å²) in [5, 5.41) is 20.1. The number of nitriles is 1. The van der Waals surface area contributed by atoms with E-state index in [4.69, 9.17) is 11.0 Å². The molecule has 2 heterocycles. The molecule has 2 rings (SSSR count). The van der Waals surface area contributed by atoms with Crippen LogP contribution in [0.5, 0.6) is 0 Å². The van der Waals surface area contributed by atoms with E-state index in [1.54, 1.807) is 18.3 Å². The molecule has 0 amide bonds. The monoisotopic (exact) mass is 186 g/mol. The van der Waals surface area contributed by atoms with Crippen LogP contribution in [0, 0.1) is 11.3 Å². The van der Waals surface area contributed by atoms with Gasteiger partial charge in [0.1, 0.15) is 11.6 Å². The van der Waals surface area contributed by atoms with Crippen LogP contribution in [0.2, 0.25) is 0 Å². The van der Waals surface area contributed by atoms with Gasteiger partial charge in [0.05, 0.1) is 6.20 Å². The Morgan fingerprint density at radius 1 is 1.50 bits per heavy atom. The fraction of sp³-hybridized carbons (Fsp3) is 0. The Labute approximate surface area is 79.6 Å². The number of nitrogens with zero attached hydrogens (tertiary/aromatic N) is 5. The molecule has 0 bridgehead atoms. The summed E-state index contributed by atoms with van der Waals surface area (Å²) in [5.41, 5.74) is 5.82. The second-order valence-corrected chi connectivity index (χ2v) is 2.57.